The van der Waals surface area contributed by atoms with Crippen molar-refractivity contribution in [2.24, 2.45) is 0 Å². The van der Waals surface area contributed by atoms with Crippen LogP contribution < -0.4 is 13.8 Å². The molecule has 0 spiro atoms. The molecule has 0 atom stereocenters. The molecule has 0 rings (SSSR count). The zero-order valence-corrected chi connectivity index (χ0v) is 13.3. The summed E-state index contributed by atoms with van der Waals surface area (Å²) in [6.07, 6.45) is 0. The van der Waals surface area contributed by atoms with Gasteiger partial charge >= 0.3 is 86.9 Å². The molecule has 48 valence electrons. The third kappa shape index (κ3) is 170. The van der Waals surface area contributed by atoms with E-state index in [0.717, 1.165) is 0 Å². The Labute approximate surface area is 85.7 Å². The van der Waals surface area contributed by atoms with Crippen molar-refractivity contribution in [3.05, 3.63) is 0 Å². The van der Waals surface area contributed by atoms with E-state index in [9.17, 15) is 0 Å². The maximum absolute atomic E-state index is 8.61. The minimum atomic E-state index is -4.29. The summed E-state index contributed by atoms with van der Waals surface area (Å²) in [5.41, 5.74) is 0. The van der Waals surface area contributed by atoms with Gasteiger partial charge in [-0.15, -0.1) is 0 Å². The van der Waals surface area contributed by atoms with Gasteiger partial charge in [0.05, 0.1) is 0 Å². The van der Waals surface area contributed by atoms with Crippen molar-refractivity contribution >= 4 is 41.1 Å². The van der Waals surface area contributed by atoms with Crippen LogP contribution in [0.2, 0.25) is 0 Å². The van der Waals surface area contributed by atoms with Gasteiger partial charge in [0.15, 0.2) is 0 Å². The average molecular weight is 512 g/mol. The van der Waals surface area contributed by atoms with Gasteiger partial charge in [-0.1, -0.05) is 0 Å². The van der Waals surface area contributed by atoms with Crippen LogP contribution in [0.1, 0.15) is 0 Å². The Morgan fingerprint density at radius 3 is 0.778 bits per heavy atom. The van der Waals surface area contributed by atoms with Crippen molar-refractivity contribution in [1.29, 1.82) is 0 Å². The Bertz CT molecular complexity index is 69.1. The van der Waals surface area contributed by atoms with E-state index in [2.05, 4.69) is 0 Å². The van der Waals surface area contributed by atoms with Gasteiger partial charge < -0.3 is 0 Å². The molecule has 0 amide bonds. The monoisotopic (exact) mass is 516 g/mol. The molecule has 0 aromatic rings. The molecule has 0 unspecified atom stereocenters. The molecular weight excluding hydrogens is 512 g/mol. The van der Waals surface area contributed by atoms with Crippen LogP contribution in [-0.2, 0) is 32.0 Å². The van der Waals surface area contributed by atoms with Crippen LogP contribution in [0.3, 0.4) is 0 Å². The third-order valence-corrected chi connectivity index (χ3v) is 0. The van der Waals surface area contributed by atoms with Crippen molar-refractivity contribution in [2.75, 3.05) is 0 Å². The Kier molecular flexibility index (Phi) is 23.9. The van der Waals surface area contributed by atoms with Gasteiger partial charge in [0.25, 0.3) is 0 Å². The summed E-state index contributed by atoms with van der Waals surface area (Å²) in [4.78, 5) is 0. The molecule has 9 heteroatoms. The zero-order chi connectivity index (χ0) is 7.15. The van der Waals surface area contributed by atoms with Crippen LogP contribution in [0.4, 0.5) is 0 Å². The van der Waals surface area contributed by atoms with Gasteiger partial charge in [-0.25, -0.2) is 0 Å². The number of rotatable bonds is 0. The summed E-state index contributed by atoms with van der Waals surface area (Å²) in [6, 6.07) is 0. The second kappa shape index (κ2) is 12.6. The molecule has 0 saturated carbocycles. The quantitative estimate of drug-likeness (QED) is 0.298. The van der Waals surface area contributed by atoms with Gasteiger partial charge in [-0.05, 0) is 0 Å². The van der Waals surface area contributed by atoms with E-state index >= 15 is 0 Å². The van der Waals surface area contributed by atoms with Crippen LogP contribution in [0.25, 0.3) is 0 Å². The fraction of sp³-hybridized carbons (Fsp3) is 0. The predicted molar refractivity (Wildman–Crippen MR) is 12.9 cm³/mol. The van der Waals surface area contributed by atoms with E-state index in [4.69, 9.17) is 19.9 Å². The predicted octanol–water partition coefficient (Wildman–Crippen LogP) is -5.76. The maximum atomic E-state index is 8.61. The van der Waals surface area contributed by atoms with E-state index in [0.29, 0.717) is 0 Å². The molecule has 0 fully saturated rings. The molecule has 0 heterocycles. The first-order chi connectivity index (χ1) is 3.46. The second-order valence-corrected chi connectivity index (χ2v) is 3.35. The summed E-state index contributed by atoms with van der Waals surface area (Å²) >= 11 is -8.59. The van der Waals surface area contributed by atoms with Gasteiger partial charge in [0, 0.05) is 0 Å². The first kappa shape index (κ1) is 17.1. The molecule has 0 aliphatic carbocycles. The number of hydrogen-bond donors (Lipinski definition) is 0. The molecule has 0 aliphatic rings. The molecule has 0 aromatic heterocycles. The first-order valence-corrected chi connectivity index (χ1v) is 8.22. The van der Waals surface area contributed by atoms with Crippen molar-refractivity contribution in [1.82, 2.24) is 0 Å². The summed E-state index contributed by atoms with van der Waals surface area (Å²) in [6.45, 7) is 0. The van der Waals surface area contributed by atoms with Crippen LogP contribution in [0, 0.1) is 0 Å². The van der Waals surface area contributed by atoms with Gasteiger partial charge in [0.1, 0.15) is 0 Å². The van der Waals surface area contributed by atoms with Crippen LogP contribution in [-0.4, -0.2) is 41.1 Å². The Morgan fingerprint density at radius 2 is 0.778 bits per heavy atom. The van der Waals surface area contributed by atoms with Gasteiger partial charge in [-0.2, -0.15) is 0 Å². The summed E-state index contributed by atoms with van der Waals surface area (Å²) in [7, 11) is 0. The molecule has 0 aromatic carbocycles. The Morgan fingerprint density at radius 1 is 0.778 bits per heavy atom. The number of hydrogen-bond acceptors (Lipinski definition) is 6. The average Bonchev–Trinajstić information content (AvgIpc) is 1.25. The molecule has 0 bridgehead atoms. The van der Waals surface area contributed by atoms with Gasteiger partial charge in [-0.3, -0.25) is 0 Å². The molecule has 0 saturated heterocycles. The Balaban J connectivity index is -0.0000000720. The molecule has 0 N–H and O–H groups in total. The molecule has 0 radical (unpaired) electrons. The third-order valence-electron chi connectivity index (χ3n) is 0. The van der Waals surface area contributed by atoms with Crippen LogP contribution in [0.5, 0.6) is 0 Å². The van der Waals surface area contributed by atoms with Crippen molar-refractivity contribution in [2.45, 2.75) is 0 Å². The van der Waals surface area contributed by atoms with Gasteiger partial charge in [0.2, 0.25) is 0 Å². The normalized spacial score (nSPS) is 5.78. The molecule has 9 heavy (non-hydrogen) atoms. The van der Waals surface area contributed by atoms with E-state index in [-0.39, 0.29) is 25.8 Å². The summed E-state index contributed by atoms with van der Waals surface area (Å²) < 4.78 is 51.7. The van der Waals surface area contributed by atoms with E-state index in [1.165, 1.54) is 0 Å². The first-order valence-electron chi connectivity index (χ1n) is 1.22. The standard InChI is InChI=1S/Hf.6O.2Sn/q+4;;;4*-1;;. The summed E-state index contributed by atoms with van der Waals surface area (Å²) in [5.74, 6) is 0. The van der Waals surface area contributed by atoms with Crippen molar-refractivity contribution < 1.29 is 45.8 Å². The van der Waals surface area contributed by atoms with E-state index in [1.807, 2.05) is 0 Å². The van der Waals surface area contributed by atoms with Crippen molar-refractivity contribution in [3.8, 4) is 0 Å². The van der Waals surface area contributed by atoms with Crippen LogP contribution in [0.15, 0.2) is 0 Å². The molecule has 6 nitrogen and oxygen atoms in total. The molecular formula is HfO6Sn2. The fourth-order valence-corrected chi connectivity index (χ4v) is 0. The SMILES string of the molecule is [Hf+4].[O]=[Sn]([O-])[O-].[O]=[Sn]([O-])[O-]. The van der Waals surface area contributed by atoms with Crippen LogP contribution >= 0.6 is 0 Å². The fourth-order valence-electron chi connectivity index (χ4n) is 0. The van der Waals surface area contributed by atoms with E-state index in [1.54, 1.807) is 0 Å². The summed E-state index contributed by atoms with van der Waals surface area (Å²) in [5, 5.41) is 0. The second-order valence-electron chi connectivity index (χ2n) is 0.500. The van der Waals surface area contributed by atoms with Crippen molar-refractivity contribution in [3.63, 3.8) is 0 Å². The van der Waals surface area contributed by atoms with E-state index < -0.39 is 41.1 Å². The molecule has 0 aliphatic heterocycles. The minimum absolute atomic E-state index is 0. The Hall–Kier alpha value is 1.91. The zero-order valence-electron chi connectivity index (χ0n) is 3.95. The topological polar surface area (TPSA) is 126 Å².